The van der Waals surface area contributed by atoms with Crippen molar-refractivity contribution in [3.05, 3.63) is 60.2 Å². The van der Waals surface area contributed by atoms with Gasteiger partial charge in [0.2, 0.25) is 10.0 Å². The fourth-order valence-corrected chi connectivity index (χ4v) is 6.50. The molecular formula is C29H47N4O12PS. The monoisotopic (exact) mass is 706 g/mol. The van der Waals surface area contributed by atoms with Gasteiger partial charge in [0.25, 0.3) is 0 Å². The first-order valence-electron chi connectivity index (χ1n) is 14.8. The molecule has 47 heavy (non-hydrogen) atoms. The quantitative estimate of drug-likeness (QED) is 0.0856. The molecule has 2 aromatic carbocycles. The van der Waals surface area contributed by atoms with Crippen LogP contribution in [0.2, 0.25) is 0 Å². The van der Waals surface area contributed by atoms with Crippen LogP contribution in [-0.4, -0.2) is 114 Å². The van der Waals surface area contributed by atoms with Crippen LogP contribution in [0, 0.1) is 5.92 Å². The summed E-state index contributed by atoms with van der Waals surface area (Å²) in [5, 5.41) is 27.7. The van der Waals surface area contributed by atoms with Crippen LogP contribution in [0.1, 0.15) is 25.8 Å². The van der Waals surface area contributed by atoms with Crippen molar-refractivity contribution in [3.8, 4) is 0 Å². The number of alkyl carbamates (subject to hydrolysis) is 1. The first kappa shape index (κ1) is 40.5. The first-order valence-corrected chi connectivity index (χ1v) is 17.8. The molecule has 0 bridgehead atoms. The SMILES string of the molecule is CC(C)CN(C[C@@H](OP(=O)(O)O)[C@H](Cc1ccccc1)NC(=O)O[C@H]1CCOC1)S(=O)(=O)c1ccc(N)cc1.NC(CO)(CO)CO. The molecule has 1 fully saturated rings. The number of benzene rings is 2. The second-order valence-electron chi connectivity index (χ2n) is 11.6. The first-order chi connectivity index (χ1) is 22.0. The summed E-state index contributed by atoms with van der Waals surface area (Å²) >= 11 is 0. The molecule has 1 saturated heterocycles. The standard InChI is InChI=1S/C25H36N3O9PS.C4H11NO3/c1-18(2)15-28(39(33,34)22-10-8-20(26)9-11-22)16-24(37-38(30,31)32)23(14-19-6-4-3-5-7-19)27-25(29)36-21-12-13-35-17-21;5-4(1-6,2-7)3-8/h3-11,18,21,23-24H,12-17,26H2,1-2H3,(H,27,29)(H2,30,31,32);6-8H,1-3,5H2/t21-,23-,24+;/m0./s1. The number of ether oxygens (including phenoxy) is 2. The molecule has 0 spiro atoms. The van der Waals surface area contributed by atoms with Crippen LogP contribution in [0.5, 0.6) is 0 Å². The molecular weight excluding hydrogens is 659 g/mol. The van der Waals surface area contributed by atoms with Gasteiger partial charge >= 0.3 is 13.9 Å². The average molecular weight is 707 g/mol. The Labute approximate surface area is 274 Å². The minimum absolute atomic E-state index is 0.0235. The maximum Gasteiger partial charge on any atom is 0.469 e. The van der Waals surface area contributed by atoms with Gasteiger partial charge in [-0.3, -0.25) is 4.52 Å². The third-order valence-electron chi connectivity index (χ3n) is 6.90. The van der Waals surface area contributed by atoms with Crippen LogP contribution >= 0.6 is 7.82 Å². The summed E-state index contributed by atoms with van der Waals surface area (Å²) in [5.74, 6) is -0.142. The number of nitrogens with zero attached hydrogens (tertiary/aromatic N) is 1. The van der Waals surface area contributed by atoms with Crippen LogP contribution in [0.4, 0.5) is 10.5 Å². The number of nitrogen functional groups attached to an aromatic ring is 1. The lowest BCUT2D eigenvalue weighted by molar-refractivity contribution is 0.0601. The van der Waals surface area contributed by atoms with Crippen molar-refractivity contribution in [2.45, 2.75) is 55.4 Å². The molecule has 0 aromatic heterocycles. The second-order valence-corrected chi connectivity index (χ2v) is 14.7. The number of phosphoric acid groups is 1. The van der Waals surface area contributed by atoms with Gasteiger partial charge in [-0.15, -0.1) is 0 Å². The number of phosphoric ester groups is 1. The topological polar surface area (TPSA) is 264 Å². The van der Waals surface area contributed by atoms with Crippen molar-refractivity contribution in [2.24, 2.45) is 11.7 Å². The Morgan fingerprint density at radius 3 is 2.13 bits per heavy atom. The van der Waals surface area contributed by atoms with Crippen molar-refractivity contribution in [2.75, 3.05) is 51.9 Å². The normalized spacial score (nSPS) is 16.8. The Morgan fingerprint density at radius 2 is 1.66 bits per heavy atom. The molecule has 1 heterocycles. The summed E-state index contributed by atoms with van der Waals surface area (Å²) in [7, 11) is -9.26. The van der Waals surface area contributed by atoms with Crippen LogP contribution < -0.4 is 16.8 Å². The maximum absolute atomic E-state index is 13.6. The largest absolute Gasteiger partial charge is 0.469 e. The lowest BCUT2D eigenvalue weighted by atomic mass is 10.0. The van der Waals surface area contributed by atoms with Crippen LogP contribution in [0.3, 0.4) is 0 Å². The van der Waals surface area contributed by atoms with E-state index in [0.717, 1.165) is 9.87 Å². The van der Waals surface area contributed by atoms with Crippen molar-refractivity contribution in [1.82, 2.24) is 9.62 Å². The Kier molecular flexibility index (Phi) is 16.2. The number of aliphatic hydroxyl groups is 3. The number of amides is 1. The van der Waals surface area contributed by atoms with Gasteiger partial charge in [-0.25, -0.2) is 17.8 Å². The summed E-state index contributed by atoms with van der Waals surface area (Å²) < 4.78 is 56.2. The van der Waals surface area contributed by atoms with E-state index in [1.54, 1.807) is 30.3 Å². The van der Waals surface area contributed by atoms with E-state index in [2.05, 4.69) is 5.32 Å². The van der Waals surface area contributed by atoms with Gasteiger partial charge in [-0.2, -0.15) is 4.31 Å². The highest BCUT2D eigenvalue weighted by Crippen LogP contribution is 2.39. The van der Waals surface area contributed by atoms with E-state index in [-0.39, 0.29) is 30.4 Å². The molecule has 0 unspecified atom stereocenters. The van der Waals surface area contributed by atoms with Crippen molar-refractivity contribution in [3.63, 3.8) is 0 Å². The molecule has 0 aliphatic carbocycles. The van der Waals surface area contributed by atoms with Gasteiger partial charge in [0.15, 0.2) is 0 Å². The van der Waals surface area contributed by atoms with E-state index in [9.17, 15) is 27.6 Å². The van der Waals surface area contributed by atoms with Gasteiger partial charge in [-0.1, -0.05) is 44.2 Å². The fraction of sp³-hybridized carbons (Fsp3) is 0.552. The number of anilines is 1. The predicted octanol–water partition coefficient (Wildman–Crippen LogP) is 0.181. The minimum Gasteiger partial charge on any atom is -0.444 e. The molecule has 3 rings (SSSR count). The van der Waals surface area contributed by atoms with Gasteiger partial charge < -0.3 is 51.4 Å². The smallest absolute Gasteiger partial charge is 0.444 e. The van der Waals surface area contributed by atoms with Crippen LogP contribution in [0.15, 0.2) is 59.5 Å². The highest BCUT2D eigenvalue weighted by molar-refractivity contribution is 7.89. The number of nitrogens with two attached hydrogens (primary N) is 2. The third-order valence-corrected chi connectivity index (χ3v) is 9.29. The second kappa shape index (κ2) is 18.8. The molecule has 2 aromatic rings. The van der Waals surface area contributed by atoms with E-state index in [1.165, 1.54) is 24.3 Å². The lowest BCUT2D eigenvalue weighted by Gasteiger charge is -2.33. The highest BCUT2D eigenvalue weighted by atomic mass is 32.2. The van der Waals surface area contributed by atoms with Crippen LogP contribution in [0.25, 0.3) is 0 Å². The number of carbonyl (C=O) groups is 1. The average Bonchev–Trinajstić information content (AvgIpc) is 3.52. The maximum atomic E-state index is 13.6. The Balaban J connectivity index is 0.000000849. The summed E-state index contributed by atoms with van der Waals surface area (Å²) in [4.78, 5) is 32.3. The number of nitrogens with one attached hydrogen (secondary N) is 1. The number of hydrogen-bond donors (Lipinski definition) is 8. The van der Waals surface area contributed by atoms with Crippen LogP contribution in [-0.2, 0) is 35.0 Å². The molecule has 3 atom stereocenters. The molecule has 16 nitrogen and oxygen atoms in total. The van der Waals surface area contributed by atoms with Gasteiger partial charge in [0.1, 0.15) is 12.2 Å². The third kappa shape index (κ3) is 14.1. The number of carbonyl (C=O) groups excluding carboxylic acids is 1. The molecule has 10 N–H and O–H groups in total. The zero-order chi connectivity index (χ0) is 35.3. The van der Waals surface area contributed by atoms with Gasteiger partial charge in [0, 0.05) is 25.2 Å². The summed E-state index contributed by atoms with van der Waals surface area (Å²) in [6.07, 6.45) is -2.14. The summed E-state index contributed by atoms with van der Waals surface area (Å²) in [6.45, 7) is 2.66. The fourth-order valence-electron chi connectivity index (χ4n) is 4.31. The zero-order valence-electron chi connectivity index (χ0n) is 26.4. The van der Waals surface area contributed by atoms with E-state index in [4.69, 9.17) is 40.8 Å². The van der Waals surface area contributed by atoms with Crippen molar-refractivity contribution in [1.29, 1.82) is 0 Å². The number of aliphatic hydroxyl groups excluding tert-OH is 3. The highest BCUT2D eigenvalue weighted by Gasteiger charge is 2.37. The number of rotatable bonds is 16. The van der Waals surface area contributed by atoms with Crippen molar-refractivity contribution < 1.29 is 56.9 Å². The summed E-state index contributed by atoms with van der Waals surface area (Å²) in [5.41, 5.74) is 10.8. The van der Waals surface area contributed by atoms with Crippen molar-refractivity contribution >= 4 is 29.6 Å². The Morgan fingerprint density at radius 1 is 1.06 bits per heavy atom. The predicted molar refractivity (Wildman–Crippen MR) is 172 cm³/mol. The van der Waals surface area contributed by atoms with E-state index in [1.807, 2.05) is 13.8 Å². The van der Waals surface area contributed by atoms with E-state index in [0.29, 0.717) is 18.7 Å². The molecule has 266 valence electrons. The minimum atomic E-state index is -5.12. The molecule has 18 heteroatoms. The van der Waals surface area contributed by atoms with E-state index >= 15 is 0 Å². The molecule has 1 aliphatic heterocycles. The van der Waals surface area contributed by atoms with Gasteiger partial charge in [-0.05, 0) is 42.2 Å². The molecule has 1 amide bonds. The molecule has 0 radical (unpaired) electrons. The lowest BCUT2D eigenvalue weighted by Crippen LogP contribution is -2.52. The van der Waals surface area contributed by atoms with E-state index < -0.39 is 74.1 Å². The molecule has 1 aliphatic rings. The zero-order valence-corrected chi connectivity index (χ0v) is 28.1. The number of hydrogen-bond acceptors (Lipinski definition) is 12. The molecule has 0 saturated carbocycles. The Hall–Kier alpha value is -2.67. The van der Waals surface area contributed by atoms with Gasteiger partial charge in [0.05, 0.1) is 49.5 Å². The summed E-state index contributed by atoms with van der Waals surface area (Å²) in [6, 6.07) is 13.5. The Bertz CT molecular complexity index is 1360. The number of sulfonamides is 1.